The Morgan fingerprint density at radius 3 is 2.21 bits per heavy atom. The summed E-state index contributed by atoms with van der Waals surface area (Å²) in [4.78, 5) is 32.9. The van der Waals surface area contributed by atoms with Gasteiger partial charge in [-0.25, -0.2) is 9.78 Å². The minimum absolute atomic E-state index is 0. The van der Waals surface area contributed by atoms with Crippen molar-refractivity contribution < 1.29 is 9.26 Å². The molecule has 220 valence electrons. The molecule has 0 amide bonds. The summed E-state index contributed by atoms with van der Waals surface area (Å²) in [6.45, 7) is 4.63. The van der Waals surface area contributed by atoms with E-state index in [0.29, 0.717) is 18.8 Å². The van der Waals surface area contributed by atoms with E-state index in [2.05, 4.69) is 17.1 Å². The molecule has 0 saturated carbocycles. The molecule has 8 nitrogen and oxygen atoms in total. The van der Waals surface area contributed by atoms with Gasteiger partial charge in [0.05, 0.1) is 12.8 Å². The molecular formula is C33H35CaClN4O4. The number of aryl methyl sites for hydroxylation is 3. The Morgan fingerprint density at radius 2 is 1.58 bits per heavy atom. The molecule has 0 aliphatic rings. The number of aromatic amines is 1. The minimum atomic E-state index is -0.592. The van der Waals surface area contributed by atoms with Crippen molar-refractivity contribution in [1.82, 2.24) is 19.7 Å². The van der Waals surface area contributed by atoms with Gasteiger partial charge in [-0.3, -0.25) is 18.9 Å². The average Bonchev–Trinajstić information content (AvgIpc) is 3.44. The van der Waals surface area contributed by atoms with Gasteiger partial charge in [0.15, 0.2) is 5.82 Å². The van der Waals surface area contributed by atoms with Crippen LogP contribution in [-0.4, -0.2) is 64.5 Å². The molecule has 0 bridgehead atoms. The van der Waals surface area contributed by atoms with E-state index >= 15 is 0 Å². The number of rotatable bonds is 11. The summed E-state index contributed by atoms with van der Waals surface area (Å²) >= 11 is 0. The van der Waals surface area contributed by atoms with Gasteiger partial charge in [0.25, 0.3) is 5.56 Å². The van der Waals surface area contributed by atoms with Gasteiger partial charge in [0.2, 0.25) is 0 Å². The summed E-state index contributed by atoms with van der Waals surface area (Å²) in [5.74, 6) is 1.35. The molecule has 2 radical (unpaired) electrons. The van der Waals surface area contributed by atoms with E-state index in [9.17, 15) is 9.59 Å². The summed E-state index contributed by atoms with van der Waals surface area (Å²) < 4.78 is 11.8. The van der Waals surface area contributed by atoms with Crippen LogP contribution in [0.2, 0.25) is 0 Å². The first kappa shape index (κ1) is 34.3. The van der Waals surface area contributed by atoms with Crippen molar-refractivity contribution in [3.63, 3.8) is 0 Å². The molecule has 0 spiro atoms. The number of ether oxygens (including phenoxy) is 1. The summed E-state index contributed by atoms with van der Waals surface area (Å²) in [5.41, 5.74) is 6.51. The summed E-state index contributed by atoms with van der Waals surface area (Å²) in [7, 11) is 1.65. The van der Waals surface area contributed by atoms with Crippen LogP contribution in [0.4, 0.5) is 0 Å². The summed E-state index contributed by atoms with van der Waals surface area (Å²) in [6.07, 6.45) is 4.03. The predicted octanol–water partition coefficient (Wildman–Crippen LogP) is 5.79. The maximum atomic E-state index is 13.8. The quantitative estimate of drug-likeness (QED) is 0.186. The molecule has 0 atom stereocenters. The van der Waals surface area contributed by atoms with E-state index in [1.807, 2.05) is 79.7 Å². The van der Waals surface area contributed by atoms with Gasteiger partial charge in [0.1, 0.15) is 11.6 Å². The zero-order valence-electron chi connectivity index (χ0n) is 24.8. The normalized spacial score (nSPS) is 10.6. The first-order valence-electron chi connectivity index (χ1n) is 13.9. The molecule has 1 N–H and O–H groups in total. The number of hydrogen-bond donors (Lipinski definition) is 1. The van der Waals surface area contributed by atoms with Crippen LogP contribution in [0.25, 0.3) is 22.5 Å². The molecule has 0 saturated heterocycles. The van der Waals surface area contributed by atoms with Crippen molar-refractivity contribution in [3.8, 4) is 28.3 Å². The number of nitrogens with one attached hydrogen (secondary N) is 1. The van der Waals surface area contributed by atoms with Crippen LogP contribution in [0, 0.1) is 6.92 Å². The fourth-order valence-corrected chi connectivity index (χ4v) is 5.08. The van der Waals surface area contributed by atoms with Gasteiger partial charge in [-0.2, -0.15) is 0 Å². The van der Waals surface area contributed by atoms with E-state index in [1.54, 1.807) is 11.7 Å². The molecule has 0 unspecified atom stereocenters. The second kappa shape index (κ2) is 16.1. The zero-order chi connectivity index (χ0) is 28.8. The second-order valence-corrected chi connectivity index (χ2v) is 10.1. The third-order valence-electron chi connectivity index (χ3n) is 7.36. The Kier molecular flexibility index (Phi) is 12.8. The molecule has 0 aliphatic carbocycles. The molecule has 5 aromatic rings. The Balaban J connectivity index is 0.00000253. The largest absolute Gasteiger partial charge is 0.497 e. The van der Waals surface area contributed by atoms with Crippen LogP contribution in [0.1, 0.15) is 48.0 Å². The third-order valence-corrected chi connectivity index (χ3v) is 7.36. The zero-order valence-corrected chi connectivity index (χ0v) is 27.8. The van der Waals surface area contributed by atoms with Gasteiger partial charge >= 0.3 is 5.76 Å². The molecule has 10 heteroatoms. The van der Waals surface area contributed by atoms with Gasteiger partial charge < -0.3 is 4.74 Å². The van der Waals surface area contributed by atoms with E-state index in [-0.39, 0.29) is 55.7 Å². The van der Waals surface area contributed by atoms with E-state index < -0.39 is 5.76 Å². The third kappa shape index (κ3) is 8.26. The fourth-order valence-electron chi connectivity index (χ4n) is 5.08. The fraction of sp³-hybridized carbons (Fsp3) is 0.273. The average molecular weight is 627 g/mol. The molecule has 3 aromatic carbocycles. The SMILES string of the molecule is CCCCc1nc(C)n(CCc2ccc(OC)cc2)c(=O)c1Cc1ccc(-c2ccccc2-c2noc(=O)[nH]2)cc1.Cl.[Ca]. The van der Waals surface area contributed by atoms with E-state index in [4.69, 9.17) is 14.2 Å². The molecule has 43 heavy (non-hydrogen) atoms. The Morgan fingerprint density at radius 1 is 0.907 bits per heavy atom. The van der Waals surface area contributed by atoms with Gasteiger partial charge in [-0.1, -0.05) is 79.2 Å². The number of aromatic nitrogens is 4. The maximum absolute atomic E-state index is 13.8. The first-order valence-corrected chi connectivity index (χ1v) is 13.9. The maximum Gasteiger partial charge on any atom is 0.439 e. The van der Waals surface area contributed by atoms with Crippen LogP contribution in [0.5, 0.6) is 5.75 Å². The topological polar surface area (TPSA) is 103 Å². The van der Waals surface area contributed by atoms with Crippen molar-refractivity contribution >= 4 is 50.1 Å². The summed E-state index contributed by atoms with van der Waals surface area (Å²) in [5, 5.41) is 3.85. The Bertz CT molecular complexity index is 1750. The van der Waals surface area contributed by atoms with Crippen molar-refractivity contribution in [2.24, 2.45) is 0 Å². The molecular weight excluding hydrogens is 592 g/mol. The molecule has 2 heterocycles. The number of nitrogens with zero attached hydrogens (tertiary/aromatic N) is 3. The van der Waals surface area contributed by atoms with Gasteiger partial charge in [0, 0.05) is 61.8 Å². The van der Waals surface area contributed by atoms with Crippen molar-refractivity contribution in [2.75, 3.05) is 7.11 Å². The number of methoxy groups -OCH3 is 1. The Hall–Kier alpha value is -3.17. The van der Waals surface area contributed by atoms with Crippen LogP contribution in [-0.2, 0) is 25.8 Å². The second-order valence-electron chi connectivity index (χ2n) is 10.1. The number of H-pyrrole nitrogens is 1. The molecule has 0 fully saturated rings. The van der Waals surface area contributed by atoms with Crippen LogP contribution < -0.4 is 16.1 Å². The van der Waals surface area contributed by atoms with Crippen molar-refractivity contribution in [3.05, 3.63) is 122 Å². The number of unbranched alkanes of at least 4 members (excludes halogenated alkanes) is 1. The summed E-state index contributed by atoms with van der Waals surface area (Å²) in [6, 6.07) is 23.8. The van der Waals surface area contributed by atoms with E-state index in [1.165, 1.54) is 0 Å². The number of halogens is 1. The molecule has 0 aliphatic heterocycles. The predicted molar refractivity (Wildman–Crippen MR) is 172 cm³/mol. The minimum Gasteiger partial charge on any atom is -0.497 e. The molecule has 5 rings (SSSR count). The Labute approximate surface area is 286 Å². The van der Waals surface area contributed by atoms with Crippen molar-refractivity contribution in [2.45, 2.75) is 52.5 Å². The van der Waals surface area contributed by atoms with Gasteiger partial charge in [-0.05, 0) is 60.6 Å². The van der Waals surface area contributed by atoms with E-state index in [0.717, 1.165) is 76.3 Å². The number of benzene rings is 3. The van der Waals surface area contributed by atoms with Crippen LogP contribution >= 0.6 is 12.4 Å². The molecule has 2 aromatic heterocycles. The van der Waals surface area contributed by atoms with Gasteiger partial charge in [-0.15, -0.1) is 12.4 Å². The number of hydrogen-bond acceptors (Lipinski definition) is 6. The monoisotopic (exact) mass is 626 g/mol. The standard InChI is InChI=1S/C33H34N4O4.Ca.ClH/c1-4-5-10-30-29(32(38)37(22(2)34-30)20-19-23-13-17-26(40-3)18-14-23)21-24-11-15-25(16-12-24)27-8-6-7-9-28(27)31-35-33(39)41-36-31;;/h6-9,11-18H,4-5,10,19-21H2,1-3H3,(H,35,36,39);;1H. The smallest absolute Gasteiger partial charge is 0.439 e. The van der Waals surface area contributed by atoms with Crippen LogP contribution in [0.15, 0.2) is 86.9 Å². The van der Waals surface area contributed by atoms with Crippen LogP contribution in [0.3, 0.4) is 0 Å². The first-order chi connectivity index (χ1) is 20.0. The van der Waals surface area contributed by atoms with Crippen molar-refractivity contribution in [1.29, 1.82) is 0 Å².